The van der Waals surface area contributed by atoms with Gasteiger partial charge in [0.15, 0.2) is 0 Å². The van der Waals surface area contributed by atoms with Crippen LogP contribution in [0.25, 0.3) is 6.08 Å². The van der Waals surface area contributed by atoms with Crippen LogP contribution in [0.15, 0.2) is 30.8 Å². The molecule has 0 unspecified atom stereocenters. The van der Waals surface area contributed by atoms with Gasteiger partial charge in [-0.1, -0.05) is 36.9 Å². The minimum atomic E-state index is -4.64. The molecule has 1 aromatic carbocycles. The zero-order valence-corrected chi connectivity index (χ0v) is 8.84. The number of hydrogen-bond acceptors (Lipinski definition) is 2. The standard InChI is InChI=1S/C9H10O.H3O4P/c1-2-8-3-5-9(7-10)6-4-8;1-5(2,3)4/h2-6,10H,1,7H2;(H3,1,2,3,4). The van der Waals surface area contributed by atoms with Crippen LogP contribution in [0, 0.1) is 0 Å². The van der Waals surface area contributed by atoms with Crippen molar-refractivity contribution < 1.29 is 24.4 Å². The van der Waals surface area contributed by atoms with Gasteiger partial charge in [0.2, 0.25) is 0 Å². The Labute approximate surface area is 87.6 Å². The summed E-state index contributed by atoms with van der Waals surface area (Å²) in [4.78, 5) is 21.6. The van der Waals surface area contributed by atoms with Gasteiger partial charge in [0.25, 0.3) is 0 Å². The second-order valence-corrected chi connectivity index (χ2v) is 3.64. The molecule has 0 atom stereocenters. The number of benzene rings is 1. The second-order valence-electron chi connectivity index (χ2n) is 2.62. The van der Waals surface area contributed by atoms with Crippen molar-refractivity contribution in [2.24, 2.45) is 0 Å². The highest BCUT2D eigenvalue weighted by Gasteiger charge is 2.00. The summed E-state index contributed by atoms with van der Waals surface area (Å²) >= 11 is 0. The molecule has 15 heavy (non-hydrogen) atoms. The fourth-order valence-electron chi connectivity index (χ4n) is 0.759. The molecule has 0 aliphatic heterocycles. The van der Waals surface area contributed by atoms with E-state index in [4.69, 9.17) is 24.4 Å². The average Bonchev–Trinajstić information content (AvgIpc) is 2.15. The Morgan fingerprint density at radius 1 is 1.20 bits per heavy atom. The first kappa shape index (κ1) is 14.0. The van der Waals surface area contributed by atoms with E-state index in [9.17, 15) is 0 Å². The van der Waals surface area contributed by atoms with Crippen molar-refractivity contribution in [3.63, 3.8) is 0 Å². The Morgan fingerprint density at radius 3 is 1.87 bits per heavy atom. The van der Waals surface area contributed by atoms with Gasteiger partial charge in [0.05, 0.1) is 6.61 Å². The van der Waals surface area contributed by atoms with E-state index in [-0.39, 0.29) is 6.61 Å². The molecule has 0 fully saturated rings. The maximum atomic E-state index is 8.88. The van der Waals surface area contributed by atoms with E-state index in [1.165, 1.54) is 0 Å². The van der Waals surface area contributed by atoms with E-state index in [1.54, 1.807) is 6.08 Å². The van der Waals surface area contributed by atoms with E-state index in [0.717, 1.165) is 11.1 Å². The van der Waals surface area contributed by atoms with Crippen LogP contribution in [0.1, 0.15) is 11.1 Å². The molecule has 0 heterocycles. The highest BCUT2D eigenvalue weighted by Crippen LogP contribution is 2.25. The van der Waals surface area contributed by atoms with Gasteiger partial charge >= 0.3 is 7.82 Å². The zero-order valence-electron chi connectivity index (χ0n) is 7.95. The lowest BCUT2D eigenvalue weighted by molar-refractivity contribution is 0.275. The lowest BCUT2D eigenvalue weighted by Gasteiger charge is -1.94. The molecule has 5 nitrogen and oxygen atoms in total. The molecular formula is C9H13O5P. The number of hydrogen-bond donors (Lipinski definition) is 4. The minimum Gasteiger partial charge on any atom is -0.392 e. The third-order valence-electron chi connectivity index (χ3n) is 1.40. The van der Waals surface area contributed by atoms with Gasteiger partial charge in [-0.3, -0.25) is 0 Å². The van der Waals surface area contributed by atoms with Crippen LogP contribution in [0.3, 0.4) is 0 Å². The Balaban J connectivity index is 0.000000336. The maximum Gasteiger partial charge on any atom is 0.466 e. The lowest BCUT2D eigenvalue weighted by atomic mass is 10.1. The van der Waals surface area contributed by atoms with Crippen LogP contribution < -0.4 is 0 Å². The first-order chi connectivity index (χ1) is 6.86. The molecule has 0 aliphatic carbocycles. The third kappa shape index (κ3) is 9.34. The summed E-state index contributed by atoms with van der Waals surface area (Å²) in [6.07, 6.45) is 1.78. The topological polar surface area (TPSA) is 98.0 Å². The molecule has 84 valence electrons. The summed E-state index contributed by atoms with van der Waals surface area (Å²) in [6.45, 7) is 3.73. The lowest BCUT2D eigenvalue weighted by Crippen LogP contribution is -1.80. The van der Waals surface area contributed by atoms with Crippen molar-refractivity contribution >= 4 is 13.9 Å². The highest BCUT2D eigenvalue weighted by molar-refractivity contribution is 7.45. The summed E-state index contributed by atoms with van der Waals surface area (Å²) in [5, 5.41) is 8.68. The van der Waals surface area contributed by atoms with E-state index < -0.39 is 7.82 Å². The maximum absolute atomic E-state index is 8.88. The molecule has 1 rings (SSSR count). The summed E-state index contributed by atoms with van der Waals surface area (Å²) in [6, 6.07) is 7.63. The molecule has 4 N–H and O–H groups in total. The van der Waals surface area contributed by atoms with Crippen molar-refractivity contribution in [3.05, 3.63) is 42.0 Å². The summed E-state index contributed by atoms with van der Waals surface area (Å²) in [5.41, 5.74) is 2.02. The largest absolute Gasteiger partial charge is 0.466 e. The summed E-state index contributed by atoms with van der Waals surface area (Å²) in [7, 11) is -4.64. The van der Waals surface area contributed by atoms with Gasteiger partial charge in [-0.05, 0) is 11.1 Å². The van der Waals surface area contributed by atoms with Crippen LogP contribution >= 0.6 is 7.82 Å². The normalized spacial score (nSPS) is 10.1. The average molecular weight is 232 g/mol. The molecule has 0 saturated carbocycles. The molecule has 0 amide bonds. The summed E-state index contributed by atoms with van der Waals surface area (Å²) < 4.78 is 8.88. The van der Waals surface area contributed by atoms with Crippen LogP contribution in [0.4, 0.5) is 0 Å². The van der Waals surface area contributed by atoms with Gasteiger partial charge in [0.1, 0.15) is 0 Å². The molecule has 0 bridgehead atoms. The quantitative estimate of drug-likeness (QED) is 0.568. The van der Waals surface area contributed by atoms with E-state index >= 15 is 0 Å². The van der Waals surface area contributed by atoms with Crippen molar-refractivity contribution in [2.75, 3.05) is 0 Å². The monoisotopic (exact) mass is 232 g/mol. The number of phosphoric acid groups is 1. The zero-order chi connectivity index (χ0) is 11.9. The number of rotatable bonds is 2. The SMILES string of the molecule is C=Cc1ccc(CO)cc1.O=P(O)(O)O. The van der Waals surface area contributed by atoms with Crippen LogP contribution in [-0.4, -0.2) is 19.8 Å². The van der Waals surface area contributed by atoms with Gasteiger partial charge in [-0.2, -0.15) is 0 Å². The van der Waals surface area contributed by atoms with Crippen molar-refractivity contribution in [1.29, 1.82) is 0 Å². The predicted molar refractivity (Wildman–Crippen MR) is 56.7 cm³/mol. The van der Waals surface area contributed by atoms with Gasteiger partial charge in [-0.15, -0.1) is 0 Å². The first-order valence-electron chi connectivity index (χ1n) is 3.97. The van der Waals surface area contributed by atoms with Crippen molar-refractivity contribution in [3.8, 4) is 0 Å². The van der Waals surface area contributed by atoms with Crippen molar-refractivity contribution in [2.45, 2.75) is 6.61 Å². The minimum absolute atomic E-state index is 0.109. The fraction of sp³-hybridized carbons (Fsp3) is 0.111. The van der Waals surface area contributed by atoms with E-state index in [1.807, 2.05) is 24.3 Å². The Bertz CT molecular complexity index is 332. The molecule has 1 aromatic rings. The Hall–Kier alpha value is -0.970. The Morgan fingerprint density at radius 2 is 1.60 bits per heavy atom. The number of aliphatic hydroxyl groups excluding tert-OH is 1. The first-order valence-corrected chi connectivity index (χ1v) is 5.54. The van der Waals surface area contributed by atoms with Crippen LogP contribution in [-0.2, 0) is 11.2 Å². The van der Waals surface area contributed by atoms with Crippen LogP contribution in [0.2, 0.25) is 0 Å². The number of aliphatic hydroxyl groups is 1. The molecule has 6 heteroatoms. The van der Waals surface area contributed by atoms with Gasteiger partial charge in [0, 0.05) is 0 Å². The molecule has 0 spiro atoms. The van der Waals surface area contributed by atoms with E-state index in [0.29, 0.717) is 0 Å². The molecule has 0 aliphatic rings. The third-order valence-corrected chi connectivity index (χ3v) is 1.40. The van der Waals surface area contributed by atoms with Crippen molar-refractivity contribution in [1.82, 2.24) is 0 Å². The summed E-state index contributed by atoms with van der Waals surface area (Å²) in [5.74, 6) is 0. The van der Waals surface area contributed by atoms with Gasteiger partial charge < -0.3 is 19.8 Å². The molecule has 0 saturated heterocycles. The molecular weight excluding hydrogens is 219 g/mol. The predicted octanol–water partition coefficient (Wildman–Crippen LogP) is 0.893. The van der Waals surface area contributed by atoms with Gasteiger partial charge in [-0.25, -0.2) is 4.57 Å². The van der Waals surface area contributed by atoms with Crippen LogP contribution in [0.5, 0.6) is 0 Å². The highest BCUT2D eigenvalue weighted by atomic mass is 31.2. The smallest absolute Gasteiger partial charge is 0.392 e. The molecule has 0 radical (unpaired) electrons. The molecule has 0 aromatic heterocycles. The van der Waals surface area contributed by atoms with E-state index in [2.05, 4.69) is 6.58 Å². The fourth-order valence-corrected chi connectivity index (χ4v) is 0.759. The second kappa shape index (κ2) is 6.50. The Kier molecular flexibility index (Phi) is 6.08.